The van der Waals surface area contributed by atoms with E-state index in [1.165, 1.54) is 0 Å². The Morgan fingerprint density at radius 2 is 2.10 bits per heavy atom. The minimum absolute atomic E-state index is 0.0242. The fourth-order valence-corrected chi connectivity index (χ4v) is 3.32. The molecule has 108 valence electrons. The number of anilines is 1. The quantitative estimate of drug-likeness (QED) is 0.766. The van der Waals surface area contributed by atoms with Crippen molar-refractivity contribution < 1.29 is 22.3 Å². The molecule has 1 aromatic carbocycles. The van der Waals surface area contributed by atoms with Gasteiger partial charge in [-0.1, -0.05) is 0 Å². The molecule has 0 aliphatic heterocycles. The zero-order valence-corrected chi connectivity index (χ0v) is 12.1. The number of halogens is 3. The molecule has 0 spiro atoms. The number of hydrogen-bond acceptors (Lipinski definition) is 4. The molecule has 0 fully saturated rings. The molecule has 0 aliphatic rings. The normalized spacial score (nSPS) is 11.6. The lowest BCUT2D eigenvalue weighted by molar-refractivity contribution is 0.278. The minimum Gasteiger partial charge on any atom is -0.392 e. The number of hydrogen-bond donors (Lipinski definition) is 3. The van der Waals surface area contributed by atoms with Crippen molar-refractivity contribution in [3.05, 3.63) is 40.0 Å². The van der Waals surface area contributed by atoms with Crippen LogP contribution in [0.3, 0.4) is 0 Å². The predicted molar refractivity (Wildman–Crippen MR) is 69.4 cm³/mol. The van der Waals surface area contributed by atoms with Gasteiger partial charge in [0, 0.05) is 16.1 Å². The Bertz CT molecular complexity index is 725. The van der Waals surface area contributed by atoms with Crippen LogP contribution in [0.4, 0.5) is 14.5 Å². The molecule has 2 rings (SSSR count). The van der Waals surface area contributed by atoms with Crippen LogP contribution < -0.4 is 4.72 Å². The van der Waals surface area contributed by atoms with Crippen molar-refractivity contribution >= 4 is 31.6 Å². The standard InChI is InChI=1S/C10H8BrF2N3O3S/c11-7-1-6(12)2-8(13)9(7)16-20(18,19)10-5(4-17)3-14-15-10/h1-3,16-17H,4H2,(H,14,15). The van der Waals surface area contributed by atoms with Gasteiger partial charge in [-0.25, -0.2) is 8.78 Å². The van der Waals surface area contributed by atoms with Crippen molar-refractivity contribution in [1.82, 2.24) is 10.2 Å². The van der Waals surface area contributed by atoms with Crippen LogP contribution in [-0.4, -0.2) is 23.7 Å². The smallest absolute Gasteiger partial charge is 0.279 e. The third kappa shape index (κ3) is 2.81. The number of rotatable bonds is 4. The molecule has 10 heteroatoms. The van der Waals surface area contributed by atoms with Crippen LogP contribution in [0.25, 0.3) is 0 Å². The van der Waals surface area contributed by atoms with E-state index in [4.69, 9.17) is 5.11 Å². The van der Waals surface area contributed by atoms with Gasteiger partial charge in [0.2, 0.25) is 0 Å². The highest BCUT2D eigenvalue weighted by Crippen LogP contribution is 2.29. The van der Waals surface area contributed by atoms with E-state index in [0.29, 0.717) is 6.07 Å². The van der Waals surface area contributed by atoms with Crippen LogP contribution in [0.5, 0.6) is 0 Å². The fourth-order valence-electron chi connectivity index (χ4n) is 1.47. The largest absolute Gasteiger partial charge is 0.392 e. The highest BCUT2D eigenvalue weighted by atomic mass is 79.9. The first-order chi connectivity index (χ1) is 9.35. The summed E-state index contributed by atoms with van der Waals surface area (Å²) in [5.41, 5.74) is -0.416. The average Bonchev–Trinajstić information content (AvgIpc) is 2.83. The summed E-state index contributed by atoms with van der Waals surface area (Å²) in [6.45, 7) is -0.556. The Morgan fingerprint density at radius 3 is 2.70 bits per heavy atom. The van der Waals surface area contributed by atoms with Gasteiger partial charge in [0.25, 0.3) is 10.0 Å². The van der Waals surface area contributed by atoms with Crippen molar-refractivity contribution in [2.24, 2.45) is 0 Å². The van der Waals surface area contributed by atoms with Gasteiger partial charge < -0.3 is 5.11 Å². The number of H-pyrrole nitrogens is 1. The number of benzene rings is 1. The van der Waals surface area contributed by atoms with Gasteiger partial charge in [-0.3, -0.25) is 9.82 Å². The Morgan fingerprint density at radius 1 is 1.40 bits per heavy atom. The number of nitrogens with zero attached hydrogens (tertiary/aromatic N) is 1. The average molecular weight is 368 g/mol. The SMILES string of the molecule is O=S(=O)(Nc1c(F)cc(F)cc1Br)c1[nH]ncc1CO. The summed E-state index contributed by atoms with van der Waals surface area (Å²) in [5.74, 6) is -1.93. The number of aliphatic hydroxyl groups excluding tert-OH is 1. The summed E-state index contributed by atoms with van der Waals surface area (Å²) in [6.07, 6.45) is 1.13. The summed E-state index contributed by atoms with van der Waals surface area (Å²) in [6, 6.07) is 1.46. The van der Waals surface area contributed by atoms with Crippen LogP contribution in [-0.2, 0) is 16.6 Å². The molecular weight excluding hydrogens is 360 g/mol. The van der Waals surface area contributed by atoms with E-state index < -0.39 is 39.0 Å². The fraction of sp³-hybridized carbons (Fsp3) is 0.100. The first-order valence-corrected chi connectivity index (χ1v) is 7.43. The second-order valence-corrected chi connectivity index (χ2v) is 6.21. The number of aromatic amines is 1. The number of sulfonamides is 1. The zero-order chi connectivity index (χ0) is 14.9. The Kier molecular flexibility index (Phi) is 4.06. The molecule has 0 unspecified atom stereocenters. The Balaban J connectivity index is 2.44. The maximum Gasteiger partial charge on any atom is 0.279 e. The Hall–Kier alpha value is -1.52. The van der Waals surface area contributed by atoms with Crippen molar-refractivity contribution in [2.45, 2.75) is 11.6 Å². The second kappa shape index (κ2) is 5.46. The first kappa shape index (κ1) is 14.9. The maximum atomic E-state index is 13.6. The molecule has 0 amide bonds. The van der Waals surface area contributed by atoms with Crippen LogP contribution in [0.15, 0.2) is 27.8 Å². The van der Waals surface area contributed by atoms with Crippen LogP contribution in [0.1, 0.15) is 5.56 Å². The van der Waals surface area contributed by atoms with E-state index in [1.807, 2.05) is 4.72 Å². The molecule has 6 nitrogen and oxygen atoms in total. The van der Waals surface area contributed by atoms with Gasteiger partial charge in [0.15, 0.2) is 10.8 Å². The number of nitrogens with one attached hydrogen (secondary N) is 2. The van der Waals surface area contributed by atoms with E-state index in [0.717, 1.165) is 12.3 Å². The van der Waals surface area contributed by atoms with Crippen molar-refractivity contribution in [3.8, 4) is 0 Å². The molecule has 0 bridgehead atoms. The molecule has 0 radical (unpaired) electrons. The maximum absolute atomic E-state index is 13.6. The molecule has 1 heterocycles. The Labute approximate surface area is 121 Å². The third-order valence-corrected chi connectivity index (χ3v) is 4.35. The second-order valence-electron chi connectivity index (χ2n) is 3.73. The van der Waals surface area contributed by atoms with Crippen molar-refractivity contribution in [2.75, 3.05) is 4.72 Å². The molecule has 20 heavy (non-hydrogen) atoms. The van der Waals surface area contributed by atoms with E-state index >= 15 is 0 Å². The third-order valence-electron chi connectivity index (χ3n) is 2.36. The molecule has 2 aromatic rings. The van der Waals surface area contributed by atoms with Gasteiger partial charge in [-0.15, -0.1) is 0 Å². The molecule has 0 saturated carbocycles. The lowest BCUT2D eigenvalue weighted by Crippen LogP contribution is -2.16. The van der Waals surface area contributed by atoms with Crippen LogP contribution in [0, 0.1) is 11.6 Å². The molecular formula is C10H8BrF2N3O3S. The van der Waals surface area contributed by atoms with E-state index in [9.17, 15) is 17.2 Å². The van der Waals surface area contributed by atoms with Gasteiger partial charge in [0.05, 0.1) is 18.5 Å². The minimum atomic E-state index is -4.19. The highest BCUT2D eigenvalue weighted by Gasteiger charge is 2.23. The highest BCUT2D eigenvalue weighted by molar-refractivity contribution is 9.10. The molecule has 0 atom stereocenters. The molecule has 1 aromatic heterocycles. The zero-order valence-electron chi connectivity index (χ0n) is 9.69. The lowest BCUT2D eigenvalue weighted by Gasteiger charge is -2.10. The number of aliphatic hydroxyl groups is 1. The monoisotopic (exact) mass is 367 g/mol. The topological polar surface area (TPSA) is 95.1 Å². The van der Waals surface area contributed by atoms with Crippen LogP contribution >= 0.6 is 15.9 Å². The summed E-state index contributed by atoms with van der Waals surface area (Å²) in [5, 5.41) is 14.3. The summed E-state index contributed by atoms with van der Waals surface area (Å²) in [7, 11) is -4.19. The molecule has 0 aliphatic carbocycles. The van der Waals surface area contributed by atoms with Gasteiger partial charge in [-0.2, -0.15) is 13.5 Å². The molecule has 3 N–H and O–H groups in total. The van der Waals surface area contributed by atoms with Crippen LogP contribution in [0.2, 0.25) is 0 Å². The van der Waals surface area contributed by atoms with Gasteiger partial charge in [-0.05, 0) is 22.0 Å². The van der Waals surface area contributed by atoms with E-state index in [-0.39, 0.29) is 10.0 Å². The van der Waals surface area contributed by atoms with Gasteiger partial charge >= 0.3 is 0 Å². The predicted octanol–water partition coefficient (Wildman–Crippen LogP) is 1.74. The summed E-state index contributed by atoms with van der Waals surface area (Å²) >= 11 is 2.87. The van der Waals surface area contributed by atoms with E-state index in [2.05, 4.69) is 26.1 Å². The number of aromatic nitrogens is 2. The first-order valence-electron chi connectivity index (χ1n) is 5.15. The van der Waals surface area contributed by atoms with E-state index in [1.54, 1.807) is 0 Å². The molecule has 0 saturated heterocycles. The van der Waals surface area contributed by atoms with Gasteiger partial charge in [0.1, 0.15) is 5.82 Å². The van der Waals surface area contributed by atoms with Crippen molar-refractivity contribution in [3.63, 3.8) is 0 Å². The summed E-state index contributed by atoms with van der Waals surface area (Å²) in [4.78, 5) is 0. The van der Waals surface area contributed by atoms with Crippen molar-refractivity contribution in [1.29, 1.82) is 0 Å². The lowest BCUT2D eigenvalue weighted by atomic mass is 10.3. The summed E-state index contributed by atoms with van der Waals surface area (Å²) < 4.78 is 52.5.